The van der Waals surface area contributed by atoms with Crippen molar-refractivity contribution in [2.24, 2.45) is 0 Å². The molecule has 1 unspecified atom stereocenters. The highest BCUT2D eigenvalue weighted by Gasteiger charge is 2.28. The standard InChI is InChI=1S/C27H28F2N4O2/c1-17-7-8-21(14-30-17)26(34)31-25-13-24(29)12-22(19(25)3)16-32-9-10-33(18(2)15-32)27(35)20-5-4-6-23(28)11-20/h4-8,11-14,18H,9-10,15-16H2,1-3H3,(H,31,34). The molecule has 0 bridgehead atoms. The van der Waals surface area contributed by atoms with E-state index in [-0.39, 0.29) is 17.9 Å². The maximum Gasteiger partial charge on any atom is 0.257 e. The number of hydrogen-bond donors (Lipinski definition) is 1. The molecule has 0 aliphatic carbocycles. The Labute approximate surface area is 203 Å². The molecule has 2 heterocycles. The molecule has 182 valence electrons. The number of carbonyl (C=O) groups excluding carboxylic acids is 2. The van der Waals surface area contributed by atoms with E-state index in [4.69, 9.17) is 0 Å². The lowest BCUT2D eigenvalue weighted by molar-refractivity contribution is 0.0474. The molecule has 2 aromatic carbocycles. The van der Waals surface area contributed by atoms with Crippen molar-refractivity contribution in [3.05, 3.63) is 94.3 Å². The number of piperazine rings is 1. The summed E-state index contributed by atoms with van der Waals surface area (Å²) in [7, 11) is 0. The molecular weight excluding hydrogens is 450 g/mol. The van der Waals surface area contributed by atoms with E-state index in [0.29, 0.717) is 43.0 Å². The maximum absolute atomic E-state index is 14.5. The Balaban J connectivity index is 1.44. The molecule has 1 N–H and O–H groups in total. The van der Waals surface area contributed by atoms with Gasteiger partial charge in [0.05, 0.1) is 5.56 Å². The number of nitrogens with one attached hydrogen (secondary N) is 1. The third-order valence-electron chi connectivity index (χ3n) is 6.34. The highest BCUT2D eigenvalue weighted by Crippen LogP contribution is 2.25. The number of hydrogen-bond acceptors (Lipinski definition) is 4. The number of rotatable bonds is 5. The summed E-state index contributed by atoms with van der Waals surface area (Å²) in [6, 6.07) is 11.8. The van der Waals surface area contributed by atoms with Crippen LogP contribution >= 0.6 is 0 Å². The van der Waals surface area contributed by atoms with E-state index in [1.807, 2.05) is 20.8 Å². The zero-order chi connectivity index (χ0) is 25.1. The van der Waals surface area contributed by atoms with Crippen LogP contribution in [0.3, 0.4) is 0 Å². The second-order valence-electron chi connectivity index (χ2n) is 8.97. The number of anilines is 1. The van der Waals surface area contributed by atoms with Crippen LogP contribution in [0.4, 0.5) is 14.5 Å². The Hall–Kier alpha value is -3.65. The van der Waals surface area contributed by atoms with Gasteiger partial charge in [-0.25, -0.2) is 8.78 Å². The predicted molar refractivity (Wildman–Crippen MR) is 130 cm³/mol. The van der Waals surface area contributed by atoms with Gasteiger partial charge < -0.3 is 10.2 Å². The van der Waals surface area contributed by atoms with Gasteiger partial charge in [-0.15, -0.1) is 0 Å². The molecule has 0 saturated carbocycles. The van der Waals surface area contributed by atoms with Crippen LogP contribution in [0.25, 0.3) is 0 Å². The molecule has 35 heavy (non-hydrogen) atoms. The minimum atomic E-state index is -0.440. The zero-order valence-corrected chi connectivity index (χ0v) is 20.0. The van der Waals surface area contributed by atoms with Crippen LogP contribution in [0.1, 0.15) is 44.5 Å². The molecule has 1 aromatic heterocycles. The van der Waals surface area contributed by atoms with E-state index in [2.05, 4.69) is 15.2 Å². The van der Waals surface area contributed by atoms with Crippen molar-refractivity contribution in [3.8, 4) is 0 Å². The molecule has 1 saturated heterocycles. The van der Waals surface area contributed by atoms with Gasteiger partial charge in [0.15, 0.2) is 0 Å². The quantitative estimate of drug-likeness (QED) is 0.583. The van der Waals surface area contributed by atoms with E-state index in [9.17, 15) is 18.4 Å². The number of pyridine rings is 1. The number of aryl methyl sites for hydroxylation is 1. The van der Waals surface area contributed by atoms with Gasteiger partial charge in [-0.3, -0.25) is 19.5 Å². The number of amides is 2. The van der Waals surface area contributed by atoms with E-state index in [0.717, 1.165) is 16.8 Å². The monoisotopic (exact) mass is 478 g/mol. The van der Waals surface area contributed by atoms with Crippen molar-refractivity contribution in [3.63, 3.8) is 0 Å². The fourth-order valence-corrected chi connectivity index (χ4v) is 4.33. The lowest BCUT2D eigenvalue weighted by Gasteiger charge is -2.40. The van der Waals surface area contributed by atoms with Gasteiger partial charge in [0, 0.05) is 55.4 Å². The first-order valence-electron chi connectivity index (χ1n) is 11.5. The van der Waals surface area contributed by atoms with E-state index in [1.54, 1.807) is 23.1 Å². The van der Waals surface area contributed by atoms with Crippen molar-refractivity contribution in [1.82, 2.24) is 14.8 Å². The number of benzene rings is 2. The fraction of sp³-hybridized carbons (Fsp3) is 0.296. The highest BCUT2D eigenvalue weighted by atomic mass is 19.1. The fourth-order valence-electron chi connectivity index (χ4n) is 4.33. The number of halogens is 2. The summed E-state index contributed by atoms with van der Waals surface area (Å²) in [5.41, 5.74) is 3.49. The van der Waals surface area contributed by atoms with Crippen molar-refractivity contribution in [2.45, 2.75) is 33.4 Å². The second-order valence-corrected chi connectivity index (χ2v) is 8.97. The molecule has 8 heteroatoms. The van der Waals surface area contributed by atoms with Gasteiger partial charge >= 0.3 is 0 Å². The summed E-state index contributed by atoms with van der Waals surface area (Å²) >= 11 is 0. The third kappa shape index (κ3) is 5.71. The Kier molecular flexibility index (Phi) is 7.21. The van der Waals surface area contributed by atoms with Gasteiger partial charge in [0.1, 0.15) is 11.6 Å². The normalized spacial score (nSPS) is 16.3. The van der Waals surface area contributed by atoms with E-state index < -0.39 is 11.6 Å². The Morgan fingerprint density at radius 1 is 1.03 bits per heavy atom. The molecule has 0 radical (unpaired) electrons. The smallest absolute Gasteiger partial charge is 0.257 e. The average molecular weight is 479 g/mol. The third-order valence-corrected chi connectivity index (χ3v) is 6.34. The average Bonchev–Trinajstić information content (AvgIpc) is 2.82. The van der Waals surface area contributed by atoms with Crippen LogP contribution in [-0.4, -0.2) is 52.3 Å². The number of nitrogens with zero attached hydrogens (tertiary/aromatic N) is 3. The minimum absolute atomic E-state index is 0.0957. The molecule has 1 aliphatic heterocycles. The molecule has 1 aliphatic rings. The van der Waals surface area contributed by atoms with Crippen LogP contribution in [0.2, 0.25) is 0 Å². The maximum atomic E-state index is 14.5. The van der Waals surface area contributed by atoms with Gasteiger partial charge in [-0.1, -0.05) is 6.07 Å². The predicted octanol–water partition coefficient (Wildman–Crippen LogP) is 4.58. The highest BCUT2D eigenvalue weighted by molar-refractivity contribution is 6.04. The molecule has 1 atom stereocenters. The molecule has 3 aromatic rings. The summed E-state index contributed by atoms with van der Waals surface area (Å²) < 4.78 is 28.0. The van der Waals surface area contributed by atoms with Crippen LogP contribution in [-0.2, 0) is 6.54 Å². The lowest BCUT2D eigenvalue weighted by atomic mass is 10.0. The van der Waals surface area contributed by atoms with Crippen LogP contribution in [0, 0.1) is 25.5 Å². The van der Waals surface area contributed by atoms with Crippen molar-refractivity contribution >= 4 is 17.5 Å². The van der Waals surface area contributed by atoms with Gasteiger partial charge in [-0.05, 0) is 74.4 Å². The molecule has 4 rings (SSSR count). The van der Waals surface area contributed by atoms with Crippen LogP contribution < -0.4 is 5.32 Å². The summed E-state index contributed by atoms with van der Waals surface area (Å²) in [6.07, 6.45) is 1.49. The van der Waals surface area contributed by atoms with Crippen LogP contribution in [0.15, 0.2) is 54.7 Å². The largest absolute Gasteiger partial charge is 0.333 e. The van der Waals surface area contributed by atoms with E-state index in [1.165, 1.54) is 36.5 Å². The first-order valence-corrected chi connectivity index (χ1v) is 11.5. The zero-order valence-electron chi connectivity index (χ0n) is 20.0. The summed E-state index contributed by atoms with van der Waals surface area (Å²) in [4.78, 5) is 33.5. The first-order chi connectivity index (χ1) is 16.7. The first kappa shape index (κ1) is 24.5. The van der Waals surface area contributed by atoms with Crippen molar-refractivity contribution in [1.29, 1.82) is 0 Å². The topological polar surface area (TPSA) is 65.5 Å². The number of carbonyl (C=O) groups is 2. The van der Waals surface area contributed by atoms with Gasteiger partial charge in [0.25, 0.3) is 11.8 Å². The van der Waals surface area contributed by atoms with Crippen molar-refractivity contribution < 1.29 is 18.4 Å². The van der Waals surface area contributed by atoms with Crippen molar-refractivity contribution in [2.75, 3.05) is 25.0 Å². The Morgan fingerprint density at radius 3 is 2.51 bits per heavy atom. The van der Waals surface area contributed by atoms with E-state index >= 15 is 0 Å². The van der Waals surface area contributed by atoms with Gasteiger partial charge in [0.2, 0.25) is 0 Å². The second kappa shape index (κ2) is 10.3. The molecule has 2 amide bonds. The number of aromatic nitrogens is 1. The molecule has 1 fully saturated rings. The molecule has 6 nitrogen and oxygen atoms in total. The summed E-state index contributed by atoms with van der Waals surface area (Å²) in [5.74, 6) is -1.43. The Morgan fingerprint density at radius 2 is 1.83 bits per heavy atom. The SMILES string of the molecule is Cc1ccc(C(=O)Nc2cc(F)cc(CN3CCN(C(=O)c4cccc(F)c4)C(C)C3)c2C)cn1. The summed E-state index contributed by atoms with van der Waals surface area (Å²) in [5, 5.41) is 2.80. The lowest BCUT2D eigenvalue weighted by Crippen LogP contribution is -2.53. The summed E-state index contributed by atoms with van der Waals surface area (Å²) in [6.45, 7) is 7.78. The minimum Gasteiger partial charge on any atom is -0.333 e. The Bertz CT molecular complexity index is 1250. The molecular formula is C27H28F2N4O2. The molecule has 0 spiro atoms. The van der Waals surface area contributed by atoms with Gasteiger partial charge in [-0.2, -0.15) is 0 Å². The van der Waals surface area contributed by atoms with Crippen LogP contribution in [0.5, 0.6) is 0 Å².